The molecule has 7 heteroatoms. The predicted molar refractivity (Wildman–Crippen MR) is 97.8 cm³/mol. The Balaban J connectivity index is 0.000000948. The van der Waals surface area contributed by atoms with Gasteiger partial charge in [0.2, 0.25) is 5.91 Å². The van der Waals surface area contributed by atoms with E-state index in [0.29, 0.717) is 12.4 Å². The van der Waals surface area contributed by atoms with Crippen molar-refractivity contribution in [1.82, 2.24) is 20.2 Å². The fourth-order valence-electron chi connectivity index (χ4n) is 2.92. The highest BCUT2D eigenvalue weighted by Crippen LogP contribution is 2.37. The van der Waals surface area contributed by atoms with Crippen LogP contribution < -0.4 is 10.1 Å². The molecule has 26 heavy (non-hydrogen) atoms. The zero-order valence-corrected chi connectivity index (χ0v) is 15.0. The molecule has 1 aliphatic heterocycles. The van der Waals surface area contributed by atoms with Crippen molar-refractivity contribution in [3.05, 3.63) is 65.2 Å². The summed E-state index contributed by atoms with van der Waals surface area (Å²) in [6.07, 6.45) is 0. The van der Waals surface area contributed by atoms with E-state index in [-0.39, 0.29) is 11.9 Å². The normalized spacial score (nSPS) is 14.7. The Morgan fingerprint density at radius 3 is 2.54 bits per heavy atom. The number of carbonyl (C=O) groups is 1. The Labute approximate surface area is 152 Å². The Morgan fingerprint density at radius 2 is 1.81 bits per heavy atom. The van der Waals surface area contributed by atoms with Crippen LogP contribution in [0.15, 0.2) is 48.5 Å². The van der Waals surface area contributed by atoms with Gasteiger partial charge in [0.05, 0.1) is 13.0 Å². The summed E-state index contributed by atoms with van der Waals surface area (Å²) in [5.74, 6) is 0.181. The molecule has 0 radical (unpaired) electrons. The average Bonchev–Trinajstić information content (AvgIpc) is 3.00. The van der Waals surface area contributed by atoms with Crippen LogP contribution in [-0.4, -0.2) is 26.1 Å². The maximum atomic E-state index is 13.0. The average molecular weight is 351 g/mol. The van der Waals surface area contributed by atoms with Gasteiger partial charge in [-0.3, -0.25) is 10.1 Å². The van der Waals surface area contributed by atoms with E-state index in [4.69, 9.17) is 4.74 Å². The van der Waals surface area contributed by atoms with Gasteiger partial charge < -0.3 is 4.74 Å². The van der Waals surface area contributed by atoms with Crippen LogP contribution in [-0.2, 0) is 18.4 Å². The molecule has 0 aliphatic carbocycles. The summed E-state index contributed by atoms with van der Waals surface area (Å²) in [5.41, 5.74) is 2.73. The molecular weight excluding hydrogens is 330 g/mol. The highest BCUT2D eigenvalue weighted by molar-refractivity contribution is 5.97. The minimum atomic E-state index is -0.497. The molecule has 0 fully saturated rings. The summed E-state index contributed by atoms with van der Waals surface area (Å²) in [7, 11) is 1.65. The van der Waals surface area contributed by atoms with E-state index in [9.17, 15) is 4.79 Å². The predicted octanol–water partition coefficient (Wildman–Crippen LogP) is 2.90. The number of carbonyl (C=O) groups excluding carboxylic acids is 1. The first-order chi connectivity index (χ1) is 12.7. The fourth-order valence-corrected chi connectivity index (χ4v) is 2.92. The van der Waals surface area contributed by atoms with Crippen molar-refractivity contribution < 1.29 is 9.53 Å². The van der Waals surface area contributed by atoms with Crippen molar-refractivity contribution in [2.75, 3.05) is 5.32 Å². The van der Waals surface area contributed by atoms with E-state index in [1.807, 2.05) is 62.4 Å². The third kappa shape index (κ3) is 3.42. The molecule has 3 aromatic rings. The number of aryl methyl sites for hydroxylation is 1. The third-order valence-electron chi connectivity index (χ3n) is 3.98. The van der Waals surface area contributed by atoms with E-state index < -0.39 is 5.92 Å². The molecule has 2 aromatic carbocycles. The number of para-hydroxylation sites is 1. The van der Waals surface area contributed by atoms with Crippen LogP contribution in [0.4, 0.5) is 5.95 Å². The van der Waals surface area contributed by atoms with Gasteiger partial charge in [-0.1, -0.05) is 61.4 Å². The Kier molecular flexibility index (Phi) is 5.26. The summed E-state index contributed by atoms with van der Waals surface area (Å²) in [4.78, 5) is 14.3. The lowest BCUT2D eigenvalue weighted by atomic mass is 9.88. The van der Waals surface area contributed by atoms with E-state index in [2.05, 4.69) is 20.7 Å². The second-order valence-electron chi connectivity index (χ2n) is 5.55. The zero-order valence-electron chi connectivity index (χ0n) is 15.0. The molecule has 7 nitrogen and oxygen atoms in total. The minimum Gasteiger partial charge on any atom is -0.489 e. The van der Waals surface area contributed by atoms with Crippen LogP contribution >= 0.6 is 0 Å². The molecule has 1 unspecified atom stereocenters. The summed E-state index contributed by atoms with van der Waals surface area (Å²) in [6, 6.07) is 15.4. The molecule has 1 aliphatic rings. The molecular formula is C19H21N5O2. The van der Waals surface area contributed by atoms with Gasteiger partial charge in [0, 0.05) is 5.56 Å². The second kappa shape index (κ2) is 7.77. The first kappa shape index (κ1) is 17.6. The van der Waals surface area contributed by atoms with Gasteiger partial charge in [0.15, 0.2) is 0 Å². The largest absolute Gasteiger partial charge is 0.489 e. The number of nitrogens with zero attached hydrogens (tertiary/aromatic N) is 4. The molecule has 1 amide bonds. The lowest BCUT2D eigenvalue weighted by Crippen LogP contribution is -2.23. The number of aromatic nitrogens is 4. The number of nitrogens with one attached hydrogen (secondary N) is 1. The zero-order chi connectivity index (χ0) is 18.5. The van der Waals surface area contributed by atoms with E-state index >= 15 is 0 Å². The van der Waals surface area contributed by atoms with Crippen molar-refractivity contribution in [1.29, 1.82) is 0 Å². The molecule has 0 bridgehead atoms. The SMILES string of the molecule is CC.Cn1nnc(NC(=O)C2c3ccccc3COc3ccccc32)n1. The van der Waals surface area contributed by atoms with E-state index in [1.165, 1.54) is 4.80 Å². The first-order valence-electron chi connectivity index (χ1n) is 8.57. The molecule has 2 heterocycles. The summed E-state index contributed by atoms with van der Waals surface area (Å²) in [6.45, 7) is 4.43. The Morgan fingerprint density at radius 1 is 1.12 bits per heavy atom. The minimum absolute atomic E-state index is 0.183. The number of hydrogen-bond donors (Lipinski definition) is 1. The molecule has 0 saturated heterocycles. The van der Waals surface area contributed by atoms with Crippen LogP contribution in [0.25, 0.3) is 0 Å². The van der Waals surface area contributed by atoms with Gasteiger partial charge in [-0.25, -0.2) is 0 Å². The second-order valence-corrected chi connectivity index (χ2v) is 5.55. The number of ether oxygens (including phenoxy) is 1. The van der Waals surface area contributed by atoms with Gasteiger partial charge in [0.1, 0.15) is 12.4 Å². The molecule has 1 atom stereocenters. The van der Waals surface area contributed by atoms with Gasteiger partial charge in [-0.05, 0) is 22.4 Å². The Bertz CT molecular complexity index is 859. The fraction of sp³-hybridized carbons (Fsp3) is 0.263. The maximum Gasteiger partial charge on any atom is 0.270 e. The van der Waals surface area contributed by atoms with E-state index in [1.54, 1.807) is 7.05 Å². The highest BCUT2D eigenvalue weighted by Gasteiger charge is 2.30. The van der Waals surface area contributed by atoms with Crippen molar-refractivity contribution in [3.63, 3.8) is 0 Å². The van der Waals surface area contributed by atoms with Crippen LogP contribution in [0.2, 0.25) is 0 Å². The number of hydrogen-bond acceptors (Lipinski definition) is 5. The Hall–Kier alpha value is -3.22. The first-order valence-corrected chi connectivity index (χ1v) is 8.57. The van der Waals surface area contributed by atoms with Crippen molar-refractivity contribution >= 4 is 11.9 Å². The summed E-state index contributed by atoms with van der Waals surface area (Å²) >= 11 is 0. The number of tetrazole rings is 1. The highest BCUT2D eigenvalue weighted by atomic mass is 16.5. The molecule has 0 saturated carbocycles. The van der Waals surface area contributed by atoms with Gasteiger partial charge >= 0.3 is 0 Å². The van der Waals surface area contributed by atoms with Crippen LogP contribution in [0.5, 0.6) is 5.75 Å². The molecule has 134 valence electrons. The number of anilines is 1. The number of rotatable bonds is 2. The van der Waals surface area contributed by atoms with Crippen molar-refractivity contribution in [2.45, 2.75) is 26.4 Å². The molecule has 0 spiro atoms. The van der Waals surface area contributed by atoms with Crippen molar-refractivity contribution in [3.8, 4) is 5.75 Å². The van der Waals surface area contributed by atoms with Gasteiger partial charge in [0.25, 0.3) is 5.95 Å². The van der Waals surface area contributed by atoms with Gasteiger partial charge in [-0.2, -0.15) is 4.80 Å². The van der Waals surface area contributed by atoms with Crippen LogP contribution in [0.1, 0.15) is 36.5 Å². The lowest BCUT2D eigenvalue weighted by Gasteiger charge is -2.17. The topological polar surface area (TPSA) is 81.9 Å². The monoisotopic (exact) mass is 351 g/mol. The van der Waals surface area contributed by atoms with Crippen LogP contribution in [0, 0.1) is 0 Å². The third-order valence-corrected chi connectivity index (χ3v) is 3.98. The molecule has 1 aromatic heterocycles. The molecule has 4 rings (SSSR count). The number of benzene rings is 2. The van der Waals surface area contributed by atoms with E-state index in [0.717, 1.165) is 16.7 Å². The lowest BCUT2D eigenvalue weighted by molar-refractivity contribution is -0.116. The molecule has 1 N–H and O–H groups in total. The summed E-state index contributed by atoms with van der Waals surface area (Å²) < 4.78 is 5.88. The number of amides is 1. The van der Waals surface area contributed by atoms with Gasteiger partial charge in [-0.15, -0.1) is 5.10 Å². The van der Waals surface area contributed by atoms with Crippen LogP contribution in [0.3, 0.4) is 0 Å². The summed E-state index contributed by atoms with van der Waals surface area (Å²) in [5, 5.41) is 14.3. The smallest absolute Gasteiger partial charge is 0.270 e. The van der Waals surface area contributed by atoms with Crippen molar-refractivity contribution in [2.24, 2.45) is 7.05 Å². The maximum absolute atomic E-state index is 13.0. The standard InChI is InChI=1S/C17H15N5O2.C2H6/c1-22-20-17(19-21-22)18-16(23)15-12-7-3-2-6-11(12)10-24-14-9-5-4-8-13(14)15;1-2/h2-9,15H,10H2,1H3,(H,18,20,23);1-2H3. The quantitative estimate of drug-likeness (QED) is 0.768. The number of fused-ring (bicyclic) bond motifs is 2.